The molecule has 0 radical (unpaired) electrons. The molecule has 0 amide bonds. The highest BCUT2D eigenvalue weighted by Gasteiger charge is 2.22. The molecule has 1 aliphatic rings. The monoisotopic (exact) mass is 236 g/mol. The number of likely N-dealkylation sites (tertiary alicyclic amines) is 1. The van der Waals surface area contributed by atoms with Crippen LogP contribution in [0, 0.1) is 0 Å². The molecule has 0 aliphatic carbocycles. The first-order chi connectivity index (χ1) is 7.70. The zero-order chi connectivity index (χ0) is 12.6. The molecule has 16 heavy (non-hydrogen) atoms. The molecule has 88 valence electrons. The molecule has 1 aliphatic heterocycles. The number of rotatable bonds is 2. The Kier molecular flexibility index (Phi) is 7.21. The summed E-state index contributed by atoms with van der Waals surface area (Å²) in [4.78, 5) is 1.91. The van der Waals surface area contributed by atoms with E-state index in [0.717, 1.165) is 18.7 Å². The van der Waals surface area contributed by atoms with Gasteiger partial charge in [-0.15, -0.1) is 0 Å². The van der Waals surface area contributed by atoms with Gasteiger partial charge in [0.25, 0.3) is 0 Å². The van der Waals surface area contributed by atoms with Gasteiger partial charge in [-0.25, -0.2) is 0 Å². The van der Waals surface area contributed by atoms with Gasteiger partial charge in [-0.05, 0) is 30.3 Å². The number of nitrogens with two attached hydrogens (primary N) is 1. The summed E-state index contributed by atoms with van der Waals surface area (Å²) in [6.07, 6.45) is 8.36. The molecule has 3 heteroatoms. The van der Waals surface area contributed by atoms with Crippen molar-refractivity contribution in [2.24, 2.45) is 5.73 Å². The molecule has 0 atom stereocenters. The predicted octanol–water partition coefficient (Wildman–Crippen LogP) is 3.14. The minimum absolute atomic E-state index is 0.408. The highest BCUT2D eigenvalue weighted by Crippen LogP contribution is 2.27. The van der Waals surface area contributed by atoms with Gasteiger partial charge in [0.15, 0.2) is 5.11 Å². The van der Waals surface area contributed by atoms with Gasteiger partial charge in [0.1, 0.15) is 0 Å². The Balaban J connectivity index is 0.00000106. The highest BCUT2D eigenvalue weighted by atomic mass is 32.1. The maximum absolute atomic E-state index is 5.61. The molecule has 0 spiro atoms. The summed E-state index contributed by atoms with van der Waals surface area (Å²) in [6, 6.07) is 0. The Hall–Kier alpha value is -1.35. The average Bonchev–Trinajstić information content (AvgIpc) is 2.66. The van der Waals surface area contributed by atoms with E-state index in [1.165, 1.54) is 5.57 Å². The molecule has 0 aromatic rings. The molecule has 1 heterocycles. The average molecular weight is 236 g/mol. The number of allylic oxidation sites excluding steroid dienone is 5. The third-order valence-electron chi connectivity index (χ3n) is 2.09. The molecule has 0 saturated carbocycles. The Labute approximate surface area is 104 Å². The van der Waals surface area contributed by atoms with Gasteiger partial charge in [0, 0.05) is 12.2 Å². The molecule has 2 N–H and O–H groups in total. The van der Waals surface area contributed by atoms with E-state index in [0.29, 0.717) is 5.11 Å². The molecule has 1 fully saturated rings. The number of hydrogen-bond acceptors (Lipinski definition) is 1. The largest absolute Gasteiger partial charge is 0.376 e. The van der Waals surface area contributed by atoms with E-state index in [-0.39, 0.29) is 0 Å². The van der Waals surface area contributed by atoms with E-state index in [4.69, 9.17) is 18.0 Å². The van der Waals surface area contributed by atoms with Crippen LogP contribution >= 0.6 is 12.2 Å². The fraction of sp³-hybridized carbons (Fsp3) is 0.308. The predicted molar refractivity (Wildman–Crippen MR) is 76.0 cm³/mol. The molecular formula is C13H20N2S. The second kappa shape index (κ2) is 7.88. The van der Waals surface area contributed by atoms with E-state index >= 15 is 0 Å². The summed E-state index contributed by atoms with van der Waals surface area (Å²) in [5, 5.41) is 0.408. The fourth-order valence-corrected chi connectivity index (χ4v) is 1.69. The summed E-state index contributed by atoms with van der Waals surface area (Å²) in [6.45, 7) is 12.2. The van der Waals surface area contributed by atoms with Crippen molar-refractivity contribution in [3.63, 3.8) is 0 Å². The Bertz CT molecular complexity index is 327. The zero-order valence-electron chi connectivity index (χ0n) is 10.1. The smallest absolute Gasteiger partial charge is 0.170 e. The second-order valence-corrected chi connectivity index (χ2v) is 3.37. The van der Waals surface area contributed by atoms with Gasteiger partial charge in [0.05, 0.1) is 0 Å². The number of thiocarbonyl (C=S) groups is 1. The van der Waals surface area contributed by atoms with E-state index in [2.05, 4.69) is 13.2 Å². The lowest BCUT2D eigenvalue weighted by molar-refractivity contribution is 0.593. The van der Waals surface area contributed by atoms with E-state index in [1.54, 1.807) is 12.2 Å². The van der Waals surface area contributed by atoms with Crippen LogP contribution in [0.1, 0.15) is 20.3 Å². The van der Waals surface area contributed by atoms with Crippen LogP contribution in [0.3, 0.4) is 0 Å². The lowest BCUT2D eigenvalue weighted by atomic mass is 10.1. The van der Waals surface area contributed by atoms with Crippen molar-refractivity contribution in [1.29, 1.82) is 0 Å². The molecule has 0 unspecified atom stereocenters. The summed E-state index contributed by atoms with van der Waals surface area (Å²) < 4.78 is 0. The Morgan fingerprint density at radius 1 is 1.31 bits per heavy atom. The van der Waals surface area contributed by atoms with E-state index < -0.39 is 0 Å². The van der Waals surface area contributed by atoms with Crippen molar-refractivity contribution in [2.75, 3.05) is 6.54 Å². The van der Waals surface area contributed by atoms with Crippen LogP contribution in [0.5, 0.6) is 0 Å². The topological polar surface area (TPSA) is 29.3 Å². The molecule has 0 aromatic heterocycles. The van der Waals surface area contributed by atoms with Crippen LogP contribution in [-0.2, 0) is 0 Å². The lowest BCUT2D eigenvalue weighted by Gasteiger charge is -2.16. The van der Waals surface area contributed by atoms with Crippen LogP contribution in [0.25, 0.3) is 0 Å². The minimum atomic E-state index is 0.408. The van der Waals surface area contributed by atoms with E-state index in [1.807, 2.05) is 30.9 Å². The maximum atomic E-state index is 5.61. The van der Waals surface area contributed by atoms with Gasteiger partial charge >= 0.3 is 0 Å². The molecule has 1 saturated heterocycles. The van der Waals surface area contributed by atoms with Crippen LogP contribution in [0.4, 0.5) is 0 Å². The number of nitrogens with zero attached hydrogens (tertiary/aromatic N) is 1. The molecule has 1 rings (SSSR count). The Morgan fingerprint density at radius 3 is 2.31 bits per heavy atom. The zero-order valence-corrected chi connectivity index (χ0v) is 10.9. The fourth-order valence-electron chi connectivity index (χ4n) is 1.50. The molecular weight excluding hydrogens is 216 g/mol. The van der Waals surface area contributed by atoms with Gasteiger partial charge < -0.3 is 10.6 Å². The normalized spacial score (nSPS) is 19.2. The summed E-state index contributed by atoms with van der Waals surface area (Å²) in [5.41, 5.74) is 7.84. The van der Waals surface area contributed by atoms with Crippen molar-refractivity contribution in [3.05, 3.63) is 48.7 Å². The quantitative estimate of drug-likeness (QED) is 0.747. The SMILES string of the molecule is C=C/C=C1/CCN(C(N)=S)/C1=C/C=C.CC. The summed E-state index contributed by atoms with van der Waals surface area (Å²) in [7, 11) is 0. The Morgan fingerprint density at radius 2 is 1.88 bits per heavy atom. The third kappa shape index (κ3) is 3.66. The van der Waals surface area contributed by atoms with Gasteiger partial charge in [-0.3, -0.25) is 0 Å². The third-order valence-corrected chi connectivity index (χ3v) is 2.31. The van der Waals surface area contributed by atoms with Crippen molar-refractivity contribution >= 4 is 17.3 Å². The first kappa shape index (κ1) is 14.6. The second-order valence-electron chi connectivity index (χ2n) is 2.96. The van der Waals surface area contributed by atoms with Crippen molar-refractivity contribution < 1.29 is 0 Å². The minimum Gasteiger partial charge on any atom is -0.376 e. The van der Waals surface area contributed by atoms with Crippen molar-refractivity contribution in [1.82, 2.24) is 4.90 Å². The van der Waals surface area contributed by atoms with Crippen LogP contribution < -0.4 is 5.73 Å². The summed E-state index contributed by atoms with van der Waals surface area (Å²) in [5.74, 6) is 0. The molecule has 0 bridgehead atoms. The maximum Gasteiger partial charge on any atom is 0.170 e. The summed E-state index contributed by atoms with van der Waals surface area (Å²) >= 11 is 4.96. The standard InChI is InChI=1S/C11H14N2S.C2H6/c1-3-5-9-7-8-13(11(12)14)10(9)6-4-2;1-2/h3-6H,1-2,7-8H2,(H2,12,14);1-2H3/b9-5-,10-6+;. The lowest BCUT2D eigenvalue weighted by Crippen LogP contribution is -2.31. The van der Waals surface area contributed by atoms with Crippen molar-refractivity contribution in [3.8, 4) is 0 Å². The van der Waals surface area contributed by atoms with Crippen LogP contribution in [0.2, 0.25) is 0 Å². The van der Waals surface area contributed by atoms with E-state index in [9.17, 15) is 0 Å². The van der Waals surface area contributed by atoms with Crippen LogP contribution in [-0.4, -0.2) is 16.6 Å². The first-order valence-electron chi connectivity index (χ1n) is 5.42. The highest BCUT2D eigenvalue weighted by molar-refractivity contribution is 7.80. The van der Waals surface area contributed by atoms with Crippen molar-refractivity contribution in [2.45, 2.75) is 20.3 Å². The molecule has 2 nitrogen and oxygen atoms in total. The van der Waals surface area contributed by atoms with Gasteiger partial charge in [0.2, 0.25) is 0 Å². The first-order valence-corrected chi connectivity index (χ1v) is 5.83. The molecule has 0 aromatic carbocycles. The van der Waals surface area contributed by atoms with Gasteiger partial charge in [-0.1, -0.05) is 45.2 Å². The van der Waals surface area contributed by atoms with Gasteiger partial charge in [-0.2, -0.15) is 0 Å². The number of hydrogen-bond donors (Lipinski definition) is 1. The van der Waals surface area contributed by atoms with Crippen LogP contribution in [0.15, 0.2) is 48.7 Å².